The summed E-state index contributed by atoms with van der Waals surface area (Å²) in [5, 5.41) is 0. The summed E-state index contributed by atoms with van der Waals surface area (Å²) in [6, 6.07) is 3.82. The predicted molar refractivity (Wildman–Crippen MR) is 73.6 cm³/mol. The monoisotopic (exact) mass is 318 g/mol. The number of thiophene rings is 1. The molecule has 0 radical (unpaired) electrons. The number of amides is 1. The molecule has 1 heterocycles. The maximum atomic E-state index is 11.4. The number of halogens is 1. The van der Waals surface area contributed by atoms with Gasteiger partial charge in [-0.1, -0.05) is 6.58 Å². The zero-order valence-corrected chi connectivity index (χ0v) is 12.4. The van der Waals surface area contributed by atoms with E-state index in [1.54, 1.807) is 20.8 Å². The number of hydrogen-bond acceptors (Lipinski definition) is 4. The van der Waals surface area contributed by atoms with E-state index >= 15 is 0 Å². The van der Waals surface area contributed by atoms with E-state index in [0.717, 1.165) is 8.66 Å². The number of hydrogen-bond donors (Lipinski definition) is 2. The van der Waals surface area contributed by atoms with Gasteiger partial charge in [-0.2, -0.15) is 0 Å². The van der Waals surface area contributed by atoms with Gasteiger partial charge in [-0.25, -0.2) is 10.2 Å². The van der Waals surface area contributed by atoms with Crippen molar-refractivity contribution < 1.29 is 9.53 Å². The lowest BCUT2D eigenvalue weighted by Crippen LogP contribution is -2.39. The third-order valence-electron chi connectivity index (χ3n) is 1.58. The van der Waals surface area contributed by atoms with Crippen LogP contribution in [0.15, 0.2) is 22.5 Å². The van der Waals surface area contributed by atoms with Gasteiger partial charge < -0.3 is 4.74 Å². The smallest absolute Gasteiger partial charge is 0.426 e. The highest BCUT2D eigenvalue weighted by Crippen LogP contribution is 2.25. The number of ether oxygens (including phenoxy) is 1. The van der Waals surface area contributed by atoms with Crippen molar-refractivity contribution in [2.75, 3.05) is 0 Å². The fourth-order valence-corrected chi connectivity index (χ4v) is 2.28. The molecule has 0 saturated carbocycles. The molecule has 0 saturated heterocycles. The van der Waals surface area contributed by atoms with Gasteiger partial charge in [0.05, 0.1) is 14.4 Å². The molecule has 0 aliphatic heterocycles. The first-order valence-electron chi connectivity index (χ1n) is 4.97. The molecule has 0 fully saturated rings. The summed E-state index contributed by atoms with van der Waals surface area (Å²) in [7, 11) is 0. The molecule has 0 unspecified atom stereocenters. The topological polar surface area (TPSA) is 50.4 Å². The van der Waals surface area contributed by atoms with Gasteiger partial charge in [-0.15, -0.1) is 11.3 Å². The standard InChI is InChI=1S/C11H15BrN2O2S/c1-7(8-5-6-9(12)17-8)13-14-10(15)16-11(2,3)4/h5-6,13H,1H2,2-4H3,(H,14,15). The molecule has 1 aromatic rings. The minimum absolute atomic E-state index is 0.515. The van der Waals surface area contributed by atoms with E-state index in [0.29, 0.717) is 5.70 Å². The van der Waals surface area contributed by atoms with E-state index in [1.807, 2.05) is 12.1 Å². The highest BCUT2D eigenvalue weighted by Gasteiger charge is 2.16. The molecule has 0 atom stereocenters. The summed E-state index contributed by atoms with van der Waals surface area (Å²) in [5.41, 5.74) is 5.23. The van der Waals surface area contributed by atoms with Crippen LogP contribution < -0.4 is 10.9 Å². The first kappa shape index (κ1) is 14.1. The Kier molecular flexibility index (Phi) is 4.59. The van der Waals surface area contributed by atoms with Crippen molar-refractivity contribution in [2.45, 2.75) is 26.4 Å². The molecular weight excluding hydrogens is 304 g/mol. The summed E-state index contributed by atoms with van der Waals surface area (Å²) in [6.45, 7) is 9.22. The van der Waals surface area contributed by atoms with E-state index in [1.165, 1.54) is 11.3 Å². The first-order valence-corrected chi connectivity index (χ1v) is 6.58. The maximum Gasteiger partial charge on any atom is 0.426 e. The molecule has 0 spiro atoms. The molecule has 4 nitrogen and oxygen atoms in total. The second-order valence-corrected chi connectivity index (χ2v) is 6.80. The Morgan fingerprint density at radius 3 is 2.53 bits per heavy atom. The lowest BCUT2D eigenvalue weighted by molar-refractivity contribution is 0.0511. The summed E-state index contributed by atoms with van der Waals surface area (Å²) < 4.78 is 6.08. The van der Waals surface area contributed by atoms with E-state index in [9.17, 15) is 4.79 Å². The minimum atomic E-state index is -0.533. The average molecular weight is 319 g/mol. The first-order chi connectivity index (χ1) is 7.78. The second kappa shape index (κ2) is 5.55. The Labute approximate surface area is 113 Å². The van der Waals surface area contributed by atoms with Crippen LogP contribution in [0.2, 0.25) is 0 Å². The van der Waals surface area contributed by atoms with Crippen LogP contribution in [0.1, 0.15) is 25.6 Å². The van der Waals surface area contributed by atoms with Crippen LogP contribution in [0.25, 0.3) is 5.70 Å². The number of rotatable bonds is 3. The summed E-state index contributed by atoms with van der Waals surface area (Å²) in [4.78, 5) is 12.3. The Morgan fingerprint density at radius 2 is 2.06 bits per heavy atom. The van der Waals surface area contributed by atoms with Crippen molar-refractivity contribution in [1.82, 2.24) is 10.9 Å². The highest BCUT2D eigenvalue weighted by molar-refractivity contribution is 9.11. The fourth-order valence-electron chi connectivity index (χ4n) is 0.968. The van der Waals surface area contributed by atoms with Crippen LogP contribution in [-0.4, -0.2) is 11.7 Å². The molecule has 17 heavy (non-hydrogen) atoms. The molecule has 94 valence electrons. The quantitative estimate of drug-likeness (QED) is 0.838. The lowest BCUT2D eigenvalue weighted by Gasteiger charge is -2.20. The molecule has 1 amide bonds. The Morgan fingerprint density at radius 1 is 1.41 bits per heavy atom. The van der Waals surface area contributed by atoms with Crippen LogP contribution in [0.3, 0.4) is 0 Å². The Balaban J connectivity index is 2.41. The highest BCUT2D eigenvalue weighted by atomic mass is 79.9. The SMILES string of the molecule is C=C(NNC(=O)OC(C)(C)C)c1ccc(Br)s1. The number of nitrogens with one attached hydrogen (secondary N) is 2. The van der Waals surface area contributed by atoms with Crippen molar-refractivity contribution in [3.05, 3.63) is 27.4 Å². The Hall–Kier alpha value is -1.01. The Bertz CT molecular complexity index is 423. The number of hydrazine groups is 1. The predicted octanol–water partition coefficient (Wildman–Crippen LogP) is 3.51. The fraction of sp³-hybridized carbons (Fsp3) is 0.364. The van der Waals surface area contributed by atoms with Gasteiger partial charge in [0.1, 0.15) is 5.60 Å². The second-order valence-electron chi connectivity index (χ2n) is 4.33. The molecule has 1 aromatic heterocycles. The molecule has 0 aliphatic carbocycles. The van der Waals surface area contributed by atoms with Crippen LogP contribution in [-0.2, 0) is 4.74 Å². The van der Waals surface area contributed by atoms with Gasteiger partial charge in [0.2, 0.25) is 0 Å². The van der Waals surface area contributed by atoms with Crippen molar-refractivity contribution in [3.63, 3.8) is 0 Å². The molecule has 1 rings (SSSR count). The average Bonchev–Trinajstić information content (AvgIpc) is 2.58. The van der Waals surface area contributed by atoms with Gasteiger partial charge in [0.15, 0.2) is 0 Å². The van der Waals surface area contributed by atoms with E-state index in [4.69, 9.17) is 4.74 Å². The third kappa shape index (κ3) is 5.23. The van der Waals surface area contributed by atoms with Gasteiger partial charge in [-0.05, 0) is 48.8 Å². The largest absolute Gasteiger partial charge is 0.443 e. The maximum absolute atomic E-state index is 11.4. The summed E-state index contributed by atoms with van der Waals surface area (Å²) >= 11 is 4.88. The molecule has 0 aromatic carbocycles. The van der Waals surface area contributed by atoms with E-state index in [-0.39, 0.29) is 0 Å². The zero-order chi connectivity index (χ0) is 13.1. The third-order valence-corrected chi connectivity index (χ3v) is 3.27. The van der Waals surface area contributed by atoms with Gasteiger partial charge in [0.25, 0.3) is 0 Å². The van der Waals surface area contributed by atoms with Gasteiger partial charge >= 0.3 is 6.09 Å². The molecule has 6 heteroatoms. The van der Waals surface area contributed by atoms with Crippen LogP contribution in [0.5, 0.6) is 0 Å². The van der Waals surface area contributed by atoms with Gasteiger partial charge in [0, 0.05) is 0 Å². The van der Waals surface area contributed by atoms with E-state index < -0.39 is 11.7 Å². The summed E-state index contributed by atoms with van der Waals surface area (Å²) in [6.07, 6.45) is -0.533. The molecular formula is C11H15BrN2O2S. The zero-order valence-electron chi connectivity index (χ0n) is 9.96. The van der Waals surface area contributed by atoms with E-state index in [2.05, 4.69) is 33.4 Å². The number of carbonyl (C=O) groups is 1. The van der Waals surface area contributed by atoms with Crippen LogP contribution >= 0.6 is 27.3 Å². The van der Waals surface area contributed by atoms with Crippen molar-refractivity contribution in [2.24, 2.45) is 0 Å². The van der Waals surface area contributed by atoms with Crippen LogP contribution in [0.4, 0.5) is 4.79 Å². The molecule has 2 N–H and O–H groups in total. The van der Waals surface area contributed by atoms with Crippen molar-refractivity contribution >= 4 is 39.1 Å². The molecule has 0 aliphatic rings. The normalized spacial score (nSPS) is 10.8. The summed E-state index contributed by atoms with van der Waals surface area (Å²) in [5.74, 6) is 0. The lowest BCUT2D eigenvalue weighted by atomic mass is 10.2. The van der Waals surface area contributed by atoms with Crippen LogP contribution in [0, 0.1) is 0 Å². The van der Waals surface area contributed by atoms with Gasteiger partial charge in [-0.3, -0.25) is 5.43 Å². The van der Waals surface area contributed by atoms with Crippen molar-refractivity contribution in [3.8, 4) is 0 Å². The minimum Gasteiger partial charge on any atom is -0.443 e. The van der Waals surface area contributed by atoms with Crippen molar-refractivity contribution in [1.29, 1.82) is 0 Å². The number of carbonyl (C=O) groups excluding carboxylic acids is 1. The molecule has 0 bridgehead atoms.